The predicted molar refractivity (Wildman–Crippen MR) is 94.0 cm³/mol. The van der Waals surface area contributed by atoms with E-state index in [0.717, 1.165) is 47.6 Å². The lowest BCUT2D eigenvalue weighted by molar-refractivity contribution is 0.161. The molecule has 0 aliphatic carbocycles. The van der Waals surface area contributed by atoms with Gasteiger partial charge in [0, 0.05) is 42.8 Å². The van der Waals surface area contributed by atoms with Gasteiger partial charge in [-0.05, 0) is 35.8 Å². The number of halogens is 1. The fraction of sp³-hybridized carbons (Fsp3) is 0.412. The maximum absolute atomic E-state index is 9.30. The topological polar surface area (TPSA) is 74.9 Å². The summed E-state index contributed by atoms with van der Waals surface area (Å²) in [7, 11) is 0. The lowest BCUT2D eigenvalue weighted by Crippen LogP contribution is -2.39. The summed E-state index contributed by atoms with van der Waals surface area (Å²) in [6.45, 7) is 5.41. The van der Waals surface area contributed by atoms with Crippen molar-refractivity contribution < 1.29 is 4.74 Å². The third kappa shape index (κ3) is 3.65. The SMILES string of the molecule is Cc1cnc(C)c(OC2CCN(c3ncc(Br)cc3C#N)CC2)n1. The number of nitriles is 1. The zero-order valence-electron chi connectivity index (χ0n) is 13.7. The third-order valence-electron chi connectivity index (χ3n) is 4.01. The molecule has 7 heteroatoms. The normalized spacial score (nSPS) is 15.2. The van der Waals surface area contributed by atoms with Crippen LogP contribution in [-0.2, 0) is 0 Å². The molecule has 24 heavy (non-hydrogen) atoms. The molecule has 0 N–H and O–H groups in total. The summed E-state index contributed by atoms with van der Waals surface area (Å²) in [5, 5.41) is 9.30. The van der Waals surface area contributed by atoms with Crippen molar-refractivity contribution in [1.29, 1.82) is 5.26 Å². The third-order valence-corrected chi connectivity index (χ3v) is 4.44. The first kappa shape index (κ1) is 16.7. The van der Waals surface area contributed by atoms with Gasteiger partial charge in [0.25, 0.3) is 0 Å². The van der Waals surface area contributed by atoms with Crippen LogP contribution in [0.4, 0.5) is 5.82 Å². The van der Waals surface area contributed by atoms with Crippen LogP contribution in [0.1, 0.15) is 29.8 Å². The van der Waals surface area contributed by atoms with Crippen LogP contribution in [0.2, 0.25) is 0 Å². The van der Waals surface area contributed by atoms with Gasteiger partial charge >= 0.3 is 0 Å². The lowest BCUT2D eigenvalue weighted by atomic mass is 10.1. The molecule has 0 bridgehead atoms. The van der Waals surface area contributed by atoms with Crippen LogP contribution in [0.15, 0.2) is 22.9 Å². The Morgan fingerprint density at radius 1 is 1.25 bits per heavy atom. The number of nitrogens with zero attached hydrogens (tertiary/aromatic N) is 5. The summed E-state index contributed by atoms with van der Waals surface area (Å²) in [6.07, 6.45) is 5.30. The van der Waals surface area contributed by atoms with E-state index in [-0.39, 0.29) is 6.10 Å². The molecule has 2 aromatic heterocycles. The van der Waals surface area contributed by atoms with E-state index < -0.39 is 0 Å². The maximum atomic E-state index is 9.30. The molecule has 0 amide bonds. The minimum atomic E-state index is 0.108. The highest BCUT2D eigenvalue weighted by molar-refractivity contribution is 9.10. The Morgan fingerprint density at radius 3 is 2.71 bits per heavy atom. The molecule has 6 nitrogen and oxygen atoms in total. The van der Waals surface area contributed by atoms with Gasteiger partial charge in [-0.3, -0.25) is 4.98 Å². The van der Waals surface area contributed by atoms with Crippen LogP contribution < -0.4 is 9.64 Å². The largest absolute Gasteiger partial charge is 0.473 e. The first-order valence-electron chi connectivity index (χ1n) is 7.84. The van der Waals surface area contributed by atoms with Crippen molar-refractivity contribution >= 4 is 21.7 Å². The number of anilines is 1. The van der Waals surface area contributed by atoms with Crippen molar-refractivity contribution in [3.63, 3.8) is 0 Å². The maximum Gasteiger partial charge on any atom is 0.235 e. The number of hydrogen-bond donors (Lipinski definition) is 0. The molecule has 2 aromatic rings. The number of pyridine rings is 1. The number of piperidine rings is 1. The first-order chi connectivity index (χ1) is 11.6. The van der Waals surface area contributed by atoms with Gasteiger partial charge in [-0.2, -0.15) is 5.26 Å². The molecule has 0 atom stereocenters. The Balaban J connectivity index is 1.66. The van der Waals surface area contributed by atoms with Gasteiger partial charge in [0.15, 0.2) is 0 Å². The molecular weight excluding hydrogens is 370 g/mol. The molecule has 1 aliphatic heterocycles. The van der Waals surface area contributed by atoms with Crippen LogP contribution in [0.5, 0.6) is 5.88 Å². The molecule has 1 saturated heterocycles. The van der Waals surface area contributed by atoms with Gasteiger partial charge in [-0.15, -0.1) is 0 Å². The predicted octanol–water partition coefficient (Wildman–Crippen LogP) is 3.17. The Bertz CT molecular complexity index is 781. The van der Waals surface area contributed by atoms with E-state index in [1.807, 2.05) is 13.8 Å². The first-order valence-corrected chi connectivity index (χ1v) is 8.63. The van der Waals surface area contributed by atoms with Crippen molar-refractivity contribution in [2.75, 3.05) is 18.0 Å². The van der Waals surface area contributed by atoms with Crippen LogP contribution in [0.3, 0.4) is 0 Å². The second-order valence-electron chi connectivity index (χ2n) is 5.84. The number of aryl methyl sites for hydroxylation is 2. The van der Waals surface area contributed by atoms with Gasteiger partial charge in [0.1, 0.15) is 18.0 Å². The standard InChI is InChI=1S/C17H18BrN5O/c1-11-9-20-12(2)17(22-11)24-15-3-5-23(6-4-15)16-13(8-19)7-14(18)10-21-16/h7,9-10,15H,3-6H2,1-2H3. The monoisotopic (exact) mass is 387 g/mol. The average Bonchev–Trinajstić information content (AvgIpc) is 2.59. The summed E-state index contributed by atoms with van der Waals surface area (Å²) in [5.74, 6) is 1.36. The van der Waals surface area contributed by atoms with Crippen LogP contribution >= 0.6 is 15.9 Å². The summed E-state index contributed by atoms with van der Waals surface area (Å²) in [6, 6.07) is 4.02. The highest BCUT2D eigenvalue weighted by Gasteiger charge is 2.24. The van der Waals surface area contributed by atoms with E-state index in [4.69, 9.17) is 4.74 Å². The summed E-state index contributed by atoms with van der Waals surface area (Å²) < 4.78 is 6.85. The fourth-order valence-corrected chi connectivity index (χ4v) is 3.07. The van der Waals surface area contributed by atoms with E-state index in [2.05, 4.69) is 41.9 Å². The van der Waals surface area contributed by atoms with Crippen LogP contribution in [0.25, 0.3) is 0 Å². The fourth-order valence-electron chi connectivity index (χ4n) is 2.74. The molecule has 0 unspecified atom stereocenters. The molecule has 3 rings (SSSR count). The van der Waals surface area contributed by atoms with Gasteiger partial charge in [0.05, 0.1) is 17.0 Å². The number of ether oxygens (including phenoxy) is 1. The molecule has 3 heterocycles. The Kier molecular flexibility index (Phi) is 4.95. The lowest BCUT2D eigenvalue weighted by Gasteiger charge is -2.33. The van der Waals surface area contributed by atoms with Crippen molar-refractivity contribution in [3.05, 3.63) is 39.9 Å². The zero-order chi connectivity index (χ0) is 17.1. The van der Waals surface area contributed by atoms with E-state index in [1.165, 1.54) is 0 Å². The van der Waals surface area contributed by atoms with Crippen molar-refractivity contribution in [2.45, 2.75) is 32.8 Å². The molecule has 0 spiro atoms. The second kappa shape index (κ2) is 7.14. The zero-order valence-corrected chi connectivity index (χ0v) is 15.2. The molecular formula is C17H18BrN5O. The van der Waals surface area contributed by atoms with Crippen LogP contribution in [0, 0.1) is 25.2 Å². The quantitative estimate of drug-likeness (QED) is 0.804. The van der Waals surface area contributed by atoms with E-state index >= 15 is 0 Å². The van der Waals surface area contributed by atoms with E-state index in [9.17, 15) is 5.26 Å². The van der Waals surface area contributed by atoms with Crippen LogP contribution in [-0.4, -0.2) is 34.1 Å². The minimum absolute atomic E-state index is 0.108. The van der Waals surface area contributed by atoms with Gasteiger partial charge in [-0.1, -0.05) is 0 Å². The minimum Gasteiger partial charge on any atom is -0.473 e. The molecule has 0 radical (unpaired) electrons. The summed E-state index contributed by atoms with van der Waals surface area (Å²) >= 11 is 3.36. The molecule has 1 aliphatic rings. The summed E-state index contributed by atoms with van der Waals surface area (Å²) in [5.41, 5.74) is 2.25. The highest BCUT2D eigenvalue weighted by Crippen LogP contribution is 2.26. The van der Waals surface area contributed by atoms with E-state index in [1.54, 1.807) is 18.5 Å². The van der Waals surface area contributed by atoms with Gasteiger partial charge in [0.2, 0.25) is 5.88 Å². The smallest absolute Gasteiger partial charge is 0.235 e. The van der Waals surface area contributed by atoms with Gasteiger partial charge in [-0.25, -0.2) is 9.97 Å². The Hall–Kier alpha value is -2.20. The number of aromatic nitrogens is 3. The summed E-state index contributed by atoms with van der Waals surface area (Å²) in [4.78, 5) is 15.3. The molecule has 124 valence electrons. The number of rotatable bonds is 3. The molecule has 0 saturated carbocycles. The van der Waals surface area contributed by atoms with Crippen molar-refractivity contribution in [1.82, 2.24) is 15.0 Å². The Labute approximate surface area is 149 Å². The van der Waals surface area contributed by atoms with Crippen molar-refractivity contribution in [2.24, 2.45) is 0 Å². The molecule has 0 aromatic carbocycles. The Morgan fingerprint density at radius 2 is 2.00 bits per heavy atom. The molecule has 1 fully saturated rings. The second-order valence-corrected chi connectivity index (χ2v) is 6.76. The van der Waals surface area contributed by atoms with Gasteiger partial charge < -0.3 is 9.64 Å². The van der Waals surface area contributed by atoms with E-state index in [0.29, 0.717) is 11.4 Å². The highest BCUT2D eigenvalue weighted by atomic mass is 79.9. The number of hydrogen-bond acceptors (Lipinski definition) is 6. The average molecular weight is 388 g/mol. The van der Waals surface area contributed by atoms with Crippen molar-refractivity contribution in [3.8, 4) is 11.9 Å².